The van der Waals surface area contributed by atoms with Gasteiger partial charge in [0, 0.05) is 19.3 Å². The molecule has 0 aromatic heterocycles. The fourth-order valence-electron chi connectivity index (χ4n) is 10.2. The van der Waals surface area contributed by atoms with Gasteiger partial charge in [0.1, 0.15) is 13.2 Å². The molecule has 0 spiro atoms. The van der Waals surface area contributed by atoms with Crippen molar-refractivity contribution in [1.29, 1.82) is 0 Å². The predicted octanol–water partition coefficient (Wildman–Crippen LogP) is 23.9. The Morgan fingerprint density at radius 2 is 0.456 bits per heavy atom. The number of ether oxygens (including phenoxy) is 3. The second-order valence-electron chi connectivity index (χ2n) is 23.4. The summed E-state index contributed by atoms with van der Waals surface area (Å²) in [5, 5.41) is 0. The summed E-state index contributed by atoms with van der Waals surface area (Å²) in [6.07, 6.45) is 86.7. The summed E-state index contributed by atoms with van der Waals surface area (Å²) in [7, 11) is 0. The number of hydrogen-bond acceptors (Lipinski definition) is 6. The van der Waals surface area contributed by atoms with E-state index in [-0.39, 0.29) is 31.1 Å². The van der Waals surface area contributed by atoms with E-state index in [1.165, 1.54) is 244 Å². The lowest BCUT2D eigenvalue weighted by molar-refractivity contribution is -0.167. The molecule has 6 heteroatoms. The summed E-state index contributed by atoms with van der Waals surface area (Å²) in [5.41, 5.74) is 0. The third kappa shape index (κ3) is 65.8. The molecule has 0 aromatic rings. The summed E-state index contributed by atoms with van der Waals surface area (Å²) in [6, 6.07) is 0. The van der Waals surface area contributed by atoms with Gasteiger partial charge in [0.15, 0.2) is 6.10 Å². The summed E-state index contributed by atoms with van der Waals surface area (Å²) in [4.78, 5) is 38.4. The maximum atomic E-state index is 12.9. The summed E-state index contributed by atoms with van der Waals surface area (Å²) >= 11 is 0. The quantitative estimate of drug-likeness (QED) is 0.0261. The molecule has 0 heterocycles. The minimum Gasteiger partial charge on any atom is -0.462 e. The Labute approximate surface area is 491 Å². The normalized spacial score (nSPS) is 12.4. The van der Waals surface area contributed by atoms with E-state index in [1.807, 2.05) is 0 Å². The molecule has 0 amide bonds. The molecule has 0 saturated heterocycles. The number of carbonyl (C=O) groups excluding carboxylic acids is 3. The van der Waals surface area contributed by atoms with Gasteiger partial charge >= 0.3 is 17.9 Å². The van der Waals surface area contributed by atoms with Crippen molar-refractivity contribution in [3.63, 3.8) is 0 Å². The van der Waals surface area contributed by atoms with Gasteiger partial charge in [-0.3, -0.25) is 14.4 Å². The van der Waals surface area contributed by atoms with Crippen molar-refractivity contribution in [2.24, 2.45) is 0 Å². The van der Waals surface area contributed by atoms with Gasteiger partial charge in [0.05, 0.1) is 0 Å². The maximum Gasteiger partial charge on any atom is 0.306 e. The van der Waals surface area contributed by atoms with Gasteiger partial charge in [-0.25, -0.2) is 0 Å². The zero-order valence-corrected chi connectivity index (χ0v) is 52.9. The zero-order valence-electron chi connectivity index (χ0n) is 52.9. The van der Waals surface area contributed by atoms with E-state index in [0.717, 1.165) is 83.5 Å². The molecule has 0 fully saturated rings. The van der Waals surface area contributed by atoms with E-state index in [1.54, 1.807) is 0 Å². The van der Waals surface area contributed by atoms with Crippen molar-refractivity contribution in [2.45, 2.75) is 374 Å². The first kappa shape index (κ1) is 76.1. The highest BCUT2D eigenvalue weighted by Crippen LogP contribution is 2.17. The highest BCUT2D eigenvalue weighted by atomic mass is 16.6. The molecule has 0 rings (SSSR count). The van der Waals surface area contributed by atoms with E-state index in [4.69, 9.17) is 14.2 Å². The van der Waals surface area contributed by atoms with E-state index >= 15 is 0 Å². The lowest BCUT2D eigenvalue weighted by atomic mass is 10.0. The second kappa shape index (κ2) is 67.6. The van der Waals surface area contributed by atoms with Crippen LogP contribution >= 0.6 is 0 Å². The van der Waals surface area contributed by atoms with Crippen LogP contribution < -0.4 is 0 Å². The molecule has 0 radical (unpaired) electrons. The zero-order chi connectivity index (χ0) is 57.1. The Bertz CT molecular complexity index is 1410. The fraction of sp³-hybridized carbons (Fsp3) is 0.822. The Morgan fingerprint density at radius 1 is 0.253 bits per heavy atom. The van der Waals surface area contributed by atoms with Crippen molar-refractivity contribution in [3.05, 3.63) is 60.8 Å². The molecule has 79 heavy (non-hydrogen) atoms. The maximum absolute atomic E-state index is 12.9. The van der Waals surface area contributed by atoms with E-state index in [0.29, 0.717) is 19.3 Å². The van der Waals surface area contributed by atoms with Crippen molar-refractivity contribution in [2.75, 3.05) is 13.2 Å². The summed E-state index contributed by atoms with van der Waals surface area (Å²) in [6.45, 7) is 6.66. The lowest BCUT2D eigenvalue weighted by Crippen LogP contribution is -2.30. The molecule has 0 bridgehead atoms. The number of carbonyl (C=O) groups is 3. The minimum absolute atomic E-state index is 0.0777. The predicted molar refractivity (Wildman–Crippen MR) is 344 cm³/mol. The van der Waals surface area contributed by atoms with Crippen LogP contribution in [0.4, 0.5) is 0 Å². The van der Waals surface area contributed by atoms with Gasteiger partial charge < -0.3 is 14.2 Å². The van der Waals surface area contributed by atoms with E-state index in [9.17, 15) is 14.4 Å². The average Bonchev–Trinajstić information content (AvgIpc) is 3.45. The first-order valence-corrected chi connectivity index (χ1v) is 34.8. The first-order chi connectivity index (χ1) is 39.0. The highest BCUT2D eigenvalue weighted by Gasteiger charge is 2.19. The standard InChI is InChI=1S/C73H132O6/c1-4-7-10-13-16-19-22-25-28-31-32-33-34-35-36-37-38-39-40-41-42-43-46-48-51-54-57-60-63-66-72(75)78-69-70(79-73(76)67-64-61-58-55-52-49-45-30-27-24-21-18-15-12-9-6-3)68-77-71(74)65-62-59-56-53-50-47-44-29-26-23-20-17-14-11-8-5-2/h22,25,29-32,34-35,44-45,70H,4-21,23-24,26-28,33,36-43,46-69H2,1-3H3/b25-22-,32-31-,35-34-,44-29-,45-30-. The number of hydrogen-bond donors (Lipinski definition) is 0. The number of unbranched alkanes of at least 4 members (excludes halogenated alkanes) is 43. The molecule has 0 saturated carbocycles. The third-order valence-corrected chi connectivity index (χ3v) is 15.5. The van der Waals surface area contributed by atoms with Crippen LogP contribution in [-0.4, -0.2) is 37.2 Å². The molecule has 0 aliphatic heterocycles. The van der Waals surface area contributed by atoms with Crippen molar-refractivity contribution < 1.29 is 28.6 Å². The molecular weight excluding hydrogens is 973 g/mol. The molecule has 0 N–H and O–H groups in total. The number of esters is 3. The van der Waals surface area contributed by atoms with Crippen LogP contribution in [0.5, 0.6) is 0 Å². The minimum atomic E-state index is -0.782. The molecule has 1 unspecified atom stereocenters. The van der Waals surface area contributed by atoms with Crippen molar-refractivity contribution in [1.82, 2.24) is 0 Å². The van der Waals surface area contributed by atoms with Crippen molar-refractivity contribution >= 4 is 17.9 Å². The average molecular weight is 1110 g/mol. The van der Waals surface area contributed by atoms with Gasteiger partial charge in [-0.05, 0) is 109 Å². The second-order valence-corrected chi connectivity index (χ2v) is 23.4. The largest absolute Gasteiger partial charge is 0.462 e. The van der Waals surface area contributed by atoms with Crippen LogP contribution in [0.25, 0.3) is 0 Å². The Hall–Kier alpha value is -2.89. The Kier molecular flexibility index (Phi) is 65.1. The van der Waals surface area contributed by atoms with Crippen LogP contribution in [0.3, 0.4) is 0 Å². The molecular formula is C73H132O6. The summed E-state index contributed by atoms with van der Waals surface area (Å²) in [5.74, 6) is -0.874. The first-order valence-electron chi connectivity index (χ1n) is 34.8. The molecule has 6 nitrogen and oxygen atoms in total. The highest BCUT2D eigenvalue weighted by molar-refractivity contribution is 5.71. The number of allylic oxidation sites excluding steroid dienone is 10. The SMILES string of the molecule is CCCCCCC/C=C\C/C=C\C/C=C\CCCCCCCCCCCCCCCCC(=O)OCC(COC(=O)CCCCCCC/C=C\CCCCCCCCC)OC(=O)CCCCCCC/C=C\CCCCCCCCC. The third-order valence-electron chi connectivity index (χ3n) is 15.5. The Balaban J connectivity index is 4.25. The smallest absolute Gasteiger partial charge is 0.306 e. The van der Waals surface area contributed by atoms with E-state index < -0.39 is 6.10 Å². The lowest BCUT2D eigenvalue weighted by Gasteiger charge is -2.18. The molecule has 0 aliphatic carbocycles. The fourth-order valence-corrected chi connectivity index (χ4v) is 10.2. The molecule has 0 aromatic carbocycles. The summed E-state index contributed by atoms with van der Waals surface area (Å²) < 4.78 is 17.0. The monoisotopic (exact) mass is 1110 g/mol. The van der Waals surface area contributed by atoms with Gasteiger partial charge in [-0.1, -0.05) is 300 Å². The van der Waals surface area contributed by atoms with Crippen LogP contribution in [0.15, 0.2) is 60.8 Å². The van der Waals surface area contributed by atoms with Crippen molar-refractivity contribution in [3.8, 4) is 0 Å². The van der Waals surface area contributed by atoms with Crippen LogP contribution in [0.1, 0.15) is 367 Å². The van der Waals surface area contributed by atoms with E-state index in [2.05, 4.69) is 81.5 Å². The topological polar surface area (TPSA) is 78.9 Å². The number of rotatable bonds is 64. The van der Waals surface area contributed by atoms with Gasteiger partial charge in [-0.2, -0.15) is 0 Å². The molecule has 460 valence electrons. The van der Waals surface area contributed by atoms with Crippen LogP contribution in [-0.2, 0) is 28.6 Å². The molecule has 1 atom stereocenters. The molecule has 0 aliphatic rings. The van der Waals surface area contributed by atoms with Crippen LogP contribution in [0, 0.1) is 0 Å². The van der Waals surface area contributed by atoms with Gasteiger partial charge in [0.25, 0.3) is 0 Å². The van der Waals surface area contributed by atoms with Gasteiger partial charge in [0.2, 0.25) is 0 Å². The van der Waals surface area contributed by atoms with Gasteiger partial charge in [-0.15, -0.1) is 0 Å². The van der Waals surface area contributed by atoms with Crippen LogP contribution in [0.2, 0.25) is 0 Å². The Morgan fingerprint density at radius 3 is 0.722 bits per heavy atom.